The van der Waals surface area contributed by atoms with Crippen LogP contribution in [0.25, 0.3) is 0 Å². The van der Waals surface area contributed by atoms with Crippen LogP contribution in [0.3, 0.4) is 0 Å². The number of carbonyl (C=O) groups excluding carboxylic acids is 1. The van der Waals surface area contributed by atoms with Crippen LogP contribution >= 0.6 is 11.6 Å². The minimum Gasteiger partial charge on any atom is -0.489 e. The van der Waals surface area contributed by atoms with Gasteiger partial charge in [0, 0.05) is 13.1 Å². The maximum absolute atomic E-state index is 13.3. The molecule has 0 saturated carbocycles. The number of anilines is 4. The number of morpholine rings is 1. The minimum atomic E-state index is -0.0596. The van der Waals surface area contributed by atoms with E-state index in [1.807, 2.05) is 32.0 Å². The van der Waals surface area contributed by atoms with Gasteiger partial charge in [0.25, 0.3) is 5.91 Å². The van der Waals surface area contributed by atoms with E-state index in [0.29, 0.717) is 60.3 Å². The van der Waals surface area contributed by atoms with E-state index in [9.17, 15) is 4.79 Å². The van der Waals surface area contributed by atoms with Gasteiger partial charge in [0.15, 0.2) is 5.82 Å². The summed E-state index contributed by atoms with van der Waals surface area (Å²) in [6.45, 7) is 10.6. The Hall–Kier alpha value is -3.40. The number of para-hydroxylation sites is 1. The molecular formula is C31H39ClN6O3. The van der Waals surface area contributed by atoms with Crippen molar-refractivity contribution in [3.8, 4) is 5.75 Å². The Bertz CT molecular complexity index is 1370. The maximum atomic E-state index is 13.3. The summed E-state index contributed by atoms with van der Waals surface area (Å²) in [7, 11) is 2.18. The molecule has 0 radical (unpaired) electrons. The van der Waals surface area contributed by atoms with E-state index in [1.54, 1.807) is 17.2 Å². The Morgan fingerprint density at radius 2 is 1.80 bits per heavy atom. The number of aryl methyl sites for hydroxylation is 1. The number of aromatic nitrogens is 2. The molecule has 3 heterocycles. The molecular weight excluding hydrogens is 540 g/mol. The second-order valence-corrected chi connectivity index (χ2v) is 11.4. The third kappa shape index (κ3) is 7.09. The van der Waals surface area contributed by atoms with Crippen molar-refractivity contribution in [1.82, 2.24) is 19.8 Å². The fraction of sp³-hybridized carbons (Fsp3) is 0.452. The third-order valence-corrected chi connectivity index (χ3v) is 7.87. The van der Waals surface area contributed by atoms with Crippen LogP contribution in [0.4, 0.5) is 23.1 Å². The SMILES string of the molecule is Cc1cc(Nc2ncc(Cl)c(Nc3ccccc3C(=O)N3CCOCC3)n2)c(OC(C)C)cc1C1CCN(C)CC1. The smallest absolute Gasteiger partial charge is 0.256 e. The summed E-state index contributed by atoms with van der Waals surface area (Å²) in [4.78, 5) is 26.5. The zero-order valence-corrected chi connectivity index (χ0v) is 25.0. The molecule has 0 atom stereocenters. The fourth-order valence-electron chi connectivity index (χ4n) is 5.39. The Morgan fingerprint density at radius 1 is 1.07 bits per heavy atom. The lowest BCUT2D eigenvalue weighted by molar-refractivity contribution is 0.0303. The molecule has 0 aliphatic carbocycles. The first-order chi connectivity index (χ1) is 19.8. The average Bonchev–Trinajstić information content (AvgIpc) is 2.97. The molecule has 0 spiro atoms. The number of hydrogen-bond donors (Lipinski definition) is 2. The number of amides is 1. The molecule has 2 aromatic carbocycles. The summed E-state index contributed by atoms with van der Waals surface area (Å²) in [6, 6.07) is 11.7. The molecule has 0 bridgehead atoms. The number of benzene rings is 2. The Labute approximate surface area is 247 Å². The van der Waals surface area contributed by atoms with Crippen molar-refractivity contribution in [3.63, 3.8) is 0 Å². The topological polar surface area (TPSA) is 91.9 Å². The predicted octanol–water partition coefficient (Wildman–Crippen LogP) is 5.99. The third-order valence-electron chi connectivity index (χ3n) is 7.59. The Balaban J connectivity index is 1.40. The van der Waals surface area contributed by atoms with Crippen LogP contribution < -0.4 is 15.4 Å². The number of rotatable bonds is 8. The molecule has 41 heavy (non-hydrogen) atoms. The van der Waals surface area contributed by atoms with Gasteiger partial charge in [0.1, 0.15) is 10.8 Å². The molecule has 10 heteroatoms. The van der Waals surface area contributed by atoms with Gasteiger partial charge < -0.3 is 29.9 Å². The molecule has 5 rings (SSSR count). The summed E-state index contributed by atoms with van der Waals surface area (Å²) >= 11 is 6.52. The van der Waals surface area contributed by atoms with Crippen LogP contribution in [0.2, 0.25) is 5.02 Å². The summed E-state index contributed by atoms with van der Waals surface area (Å²) in [5.41, 5.74) is 4.51. The van der Waals surface area contributed by atoms with Crippen molar-refractivity contribution in [3.05, 3.63) is 64.3 Å². The van der Waals surface area contributed by atoms with Crippen LogP contribution in [0.15, 0.2) is 42.6 Å². The van der Waals surface area contributed by atoms with Gasteiger partial charge in [0.05, 0.1) is 42.5 Å². The van der Waals surface area contributed by atoms with E-state index in [2.05, 4.69) is 51.6 Å². The quantitative estimate of drug-likeness (QED) is 0.336. The number of halogens is 1. The van der Waals surface area contributed by atoms with Crippen LogP contribution in [-0.2, 0) is 4.74 Å². The molecule has 2 N–H and O–H groups in total. The largest absolute Gasteiger partial charge is 0.489 e. The number of nitrogens with one attached hydrogen (secondary N) is 2. The highest BCUT2D eigenvalue weighted by molar-refractivity contribution is 6.33. The number of carbonyl (C=O) groups is 1. The number of nitrogens with zero attached hydrogens (tertiary/aromatic N) is 4. The summed E-state index contributed by atoms with van der Waals surface area (Å²) in [6.07, 6.45) is 3.83. The van der Waals surface area contributed by atoms with Gasteiger partial charge in [0.2, 0.25) is 5.95 Å². The predicted molar refractivity (Wildman–Crippen MR) is 163 cm³/mol. The van der Waals surface area contributed by atoms with E-state index in [0.717, 1.165) is 37.4 Å². The molecule has 218 valence electrons. The lowest BCUT2D eigenvalue weighted by Gasteiger charge is -2.30. The Kier molecular flexibility index (Phi) is 9.27. The normalized spacial score (nSPS) is 16.6. The molecule has 1 amide bonds. The summed E-state index contributed by atoms with van der Waals surface area (Å²) in [5, 5.41) is 6.96. The van der Waals surface area contributed by atoms with Crippen molar-refractivity contribution in [2.45, 2.75) is 45.6 Å². The van der Waals surface area contributed by atoms with Gasteiger partial charge in [-0.1, -0.05) is 23.7 Å². The monoisotopic (exact) mass is 578 g/mol. The number of ether oxygens (including phenoxy) is 2. The molecule has 0 unspecified atom stereocenters. The van der Waals surface area contributed by atoms with Gasteiger partial charge in [-0.3, -0.25) is 4.79 Å². The zero-order chi connectivity index (χ0) is 28.9. The standard InChI is InChI=1S/C31H39ClN6O3/c1-20(2)41-28-18-24(22-9-11-37(4)12-10-22)21(3)17-27(28)35-31-33-19-25(32)29(36-31)34-26-8-6-5-7-23(26)30(39)38-13-15-40-16-14-38/h5-8,17-20,22H,9-16H2,1-4H3,(H2,33,34,35,36). The lowest BCUT2D eigenvalue weighted by Crippen LogP contribution is -2.40. The van der Waals surface area contributed by atoms with E-state index in [-0.39, 0.29) is 12.0 Å². The molecule has 2 aliphatic heterocycles. The molecule has 3 aromatic rings. The van der Waals surface area contributed by atoms with Crippen molar-refractivity contribution < 1.29 is 14.3 Å². The van der Waals surface area contributed by atoms with E-state index < -0.39 is 0 Å². The highest BCUT2D eigenvalue weighted by atomic mass is 35.5. The van der Waals surface area contributed by atoms with Crippen LogP contribution in [0, 0.1) is 6.92 Å². The molecule has 2 fully saturated rings. The Morgan fingerprint density at radius 3 is 2.54 bits per heavy atom. The van der Waals surface area contributed by atoms with Gasteiger partial charge in [-0.05, 0) is 95.1 Å². The number of hydrogen-bond acceptors (Lipinski definition) is 8. The van der Waals surface area contributed by atoms with E-state index in [1.165, 1.54) is 11.1 Å². The van der Waals surface area contributed by atoms with Crippen molar-refractivity contribution in [1.29, 1.82) is 0 Å². The second kappa shape index (κ2) is 13.1. The first kappa shape index (κ1) is 29.1. The van der Waals surface area contributed by atoms with Crippen LogP contribution in [-0.4, -0.2) is 78.2 Å². The minimum absolute atomic E-state index is 0.00691. The average molecular weight is 579 g/mol. The molecule has 2 saturated heterocycles. The molecule has 9 nitrogen and oxygen atoms in total. The highest BCUT2D eigenvalue weighted by Crippen LogP contribution is 2.38. The van der Waals surface area contributed by atoms with E-state index in [4.69, 9.17) is 21.1 Å². The van der Waals surface area contributed by atoms with Gasteiger partial charge in [-0.25, -0.2) is 4.98 Å². The van der Waals surface area contributed by atoms with Crippen molar-refractivity contribution >= 4 is 40.6 Å². The fourth-order valence-corrected chi connectivity index (χ4v) is 5.53. The maximum Gasteiger partial charge on any atom is 0.256 e. The lowest BCUT2D eigenvalue weighted by atomic mass is 9.86. The van der Waals surface area contributed by atoms with Crippen LogP contribution in [0.1, 0.15) is 54.1 Å². The zero-order valence-electron chi connectivity index (χ0n) is 24.2. The summed E-state index contributed by atoms with van der Waals surface area (Å²) in [5.74, 6) is 1.99. The first-order valence-corrected chi connectivity index (χ1v) is 14.7. The summed E-state index contributed by atoms with van der Waals surface area (Å²) < 4.78 is 11.7. The van der Waals surface area contributed by atoms with Gasteiger partial charge >= 0.3 is 0 Å². The molecule has 1 aromatic heterocycles. The number of likely N-dealkylation sites (tertiary alicyclic amines) is 1. The second-order valence-electron chi connectivity index (χ2n) is 11.0. The van der Waals surface area contributed by atoms with E-state index >= 15 is 0 Å². The number of piperidine rings is 1. The first-order valence-electron chi connectivity index (χ1n) is 14.3. The highest BCUT2D eigenvalue weighted by Gasteiger charge is 2.24. The van der Waals surface area contributed by atoms with Crippen LogP contribution in [0.5, 0.6) is 5.75 Å². The van der Waals surface area contributed by atoms with Crippen molar-refractivity contribution in [2.24, 2.45) is 0 Å². The van der Waals surface area contributed by atoms with Gasteiger partial charge in [-0.2, -0.15) is 4.98 Å². The molecule has 2 aliphatic rings. The van der Waals surface area contributed by atoms with Crippen molar-refractivity contribution in [2.75, 3.05) is 57.1 Å². The van der Waals surface area contributed by atoms with Gasteiger partial charge in [-0.15, -0.1) is 0 Å².